The van der Waals surface area contributed by atoms with Gasteiger partial charge in [-0.15, -0.1) is 0 Å². The molecule has 14 heavy (non-hydrogen) atoms. The van der Waals surface area contributed by atoms with E-state index in [1.165, 1.54) is 5.56 Å². The number of aromatic hydroxyl groups is 1. The van der Waals surface area contributed by atoms with Crippen LogP contribution in [0.4, 0.5) is 0 Å². The maximum absolute atomic E-state index is 9.64. The number of hydrogen-bond acceptors (Lipinski definition) is 2. The van der Waals surface area contributed by atoms with Gasteiger partial charge in [-0.1, -0.05) is 32.9 Å². The SMILES string of the molecule is CC[C@@H](N)c1cc(C(C)C)ccc1O. The molecule has 0 aliphatic carbocycles. The van der Waals surface area contributed by atoms with Gasteiger partial charge in [-0.25, -0.2) is 0 Å². The zero-order valence-corrected chi connectivity index (χ0v) is 9.12. The summed E-state index contributed by atoms with van der Waals surface area (Å²) in [4.78, 5) is 0. The zero-order chi connectivity index (χ0) is 10.7. The molecule has 78 valence electrons. The maximum atomic E-state index is 9.64. The third kappa shape index (κ3) is 2.26. The van der Waals surface area contributed by atoms with Crippen molar-refractivity contribution in [2.75, 3.05) is 0 Å². The second-order valence-corrected chi connectivity index (χ2v) is 3.99. The molecule has 2 nitrogen and oxygen atoms in total. The first-order valence-corrected chi connectivity index (χ1v) is 5.14. The molecule has 3 N–H and O–H groups in total. The summed E-state index contributed by atoms with van der Waals surface area (Å²) in [5.41, 5.74) is 7.99. The molecular formula is C12H19NO. The predicted molar refractivity (Wildman–Crippen MR) is 59.4 cm³/mol. The van der Waals surface area contributed by atoms with E-state index in [-0.39, 0.29) is 6.04 Å². The summed E-state index contributed by atoms with van der Waals surface area (Å²) in [6.07, 6.45) is 0.842. The summed E-state index contributed by atoms with van der Waals surface area (Å²) in [5.74, 6) is 0.780. The van der Waals surface area contributed by atoms with E-state index in [0.717, 1.165) is 12.0 Å². The van der Waals surface area contributed by atoms with Crippen LogP contribution < -0.4 is 5.73 Å². The molecule has 1 aromatic rings. The minimum Gasteiger partial charge on any atom is -0.508 e. The molecular weight excluding hydrogens is 174 g/mol. The van der Waals surface area contributed by atoms with Gasteiger partial charge in [-0.3, -0.25) is 0 Å². The number of phenols is 1. The highest BCUT2D eigenvalue weighted by Gasteiger charge is 2.10. The van der Waals surface area contributed by atoms with Crippen molar-refractivity contribution in [2.24, 2.45) is 5.73 Å². The molecule has 0 saturated heterocycles. The highest BCUT2D eigenvalue weighted by molar-refractivity contribution is 5.39. The third-order valence-electron chi connectivity index (χ3n) is 2.56. The minimum absolute atomic E-state index is 0.0614. The van der Waals surface area contributed by atoms with Gasteiger partial charge in [-0.05, 0) is 24.0 Å². The summed E-state index contributed by atoms with van der Waals surface area (Å²) in [7, 11) is 0. The molecule has 0 amide bonds. The third-order valence-corrected chi connectivity index (χ3v) is 2.56. The molecule has 0 saturated carbocycles. The Kier molecular flexibility index (Phi) is 3.53. The Labute approximate surface area is 85.8 Å². The molecule has 1 atom stereocenters. The van der Waals surface area contributed by atoms with Crippen LogP contribution in [-0.4, -0.2) is 5.11 Å². The second kappa shape index (κ2) is 4.47. The summed E-state index contributed by atoms with van der Waals surface area (Å²) < 4.78 is 0. The normalized spacial score (nSPS) is 13.2. The van der Waals surface area contributed by atoms with Crippen molar-refractivity contribution < 1.29 is 5.11 Å². The standard InChI is InChI=1S/C12H19NO/c1-4-11(13)10-7-9(8(2)3)5-6-12(10)14/h5-8,11,14H,4,13H2,1-3H3/t11-/m1/s1. The molecule has 1 rings (SSSR count). The van der Waals surface area contributed by atoms with Crippen molar-refractivity contribution in [1.29, 1.82) is 0 Å². The van der Waals surface area contributed by atoms with E-state index in [9.17, 15) is 5.11 Å². The molecule has 0 aliphatic heterocycles. The quantitative estimate of drug-likeness (QED) is 0.775. The molecule has 0 unspecified atom stereocenters. The topological polar surface area (TPSA) is 46.2 Å². The molecule has 0 spiro atoms. The van der Waals surface area contributed by atoms with Crippen LogP contribution in [0.3, 0.4) is 0 Å². The summed E-state index contributed by atoms with van der Waals surface area (Å²) in [5, 5.41) is 9.64. The van der Waals surface area contributed by atoms with Gasteiger partial charge < -0.3 is 10.8 Å². The van der Waals surface area contributed by atoms with Crippen LogP contribution >= 0.6 is 0 Å². The number of benzene rings is 1. The number of rotatable bonds is 3. The van der Waals surface area contributed by atoms with Crippen molar-refractivity contribution in [3.63, 3.8) is 0 Å². The lowest BCUT2D eigenvalue weighted by molar-refractivity contribution is 0.459. The van der Waals surface area contributed by atoms with Crippen LogP contribution in [0, 0.1) is 0 Å². The monoisotopic (exact) mass is 193 g/mol. The largest absolute Gasteiger partial charge is 0.508 e. The van der Waals surface area contributed by atoms with Gasteiger partial charge in [0, 0.05) is 11.6 Å². The summed E-state index contributed by atoms with van der Waals surface area (Å²) >= 11 is 0. The van der Waals surface area contributed by atoms with Gasteiger partial charge >= 0.3 is 0 Å². The zero-order valence-electron chi connectivity index (χ0n) is 9.12. The smallest absolute Gasteiger partial charge is 0.120 e. The fourth-order valence-corrected chi connectivity index (χ4v) is 1.45. The van der Waals surface area contributed by atoms with Crippen LogP contribution in [0.25, 0.3) is 0 Å². The van der Waals surface area contributed by atoms with Gasteiger partial charge in [0.2, 0.25) is 0 Å². The van der Waals surface area contributed by atoms with Crippen molar-refractivity contribution in [1.82, 2.24) is 0 Å². The Hall–Kier alpha value is -1.02. The lowest BCUT2D eigenvalue weighted by Gasteiger charge is -2.14. The van der Waals surface area contributed by atoms with Crippen molar-refractivity contribution in [3.8, 4) is 5.75 Å². The second-order valence-electron chi connectivity index (χ2n) is 3.99. The van der Waals surface area contributed by atoms with Crippen LogP contribution in [-0.2, 0) is 0 Å². The predicted octanol–water partition coefficient (Wildman–Crippen LogP) is 2.93. The lowest BCUT2D eigenvalue weighted by atomic mass is 9.96. The van der Waals surface area contributed by atoms with E-state index >= 15 is 0 Å². The Balaban J connectivity index is 3.08. The van der Waals surface area contributed by atoms with E-state index < -0.39 is 0 Å². The van der Waals surface area contributed by atoms with E-state index in [1.807, 2.05) is 19.1 Å². The Morgan fingerprint density at radius 3 is 2.50 bits per heavy atom. The van der Waals surface area contributed by atoms with Gasteiger partial charge in [0.05, 0.1) is 0 Å². The van der Waals surface area contributed by atoms with Crippen LogP contribution in [0.5, 0.6) is 5.75 Å². The molecule has 0 aliphatic rings. The Morgan fingerprint density at radius 1 is 1.36 bits per heavy atom. The van der Waals surface area contributed by atoms with Crippen LogP contribution in [0.1, 0.15) is 50.3 Å². The number of phenolic OH excluding ortho intramolecular Hbond substituents is 1. The molecule has 0 bridgehead atoms. The lowest BCUT2D eigenvalue weighted by Crippen LogP contribution is -2.09. The number of nitrogens with two attached hydrogens (primary N) is 1. The molecule has 0 radical (unpaired) electrons. The van der Waals surface area contributed by atoms with E-state index in [4.69, 9.17) is 5.73 Å². The summed E-state index contributed by atoms with van der Waals surface area (Å²) in [6, 6.07) is 5.63. The maximum Gasteiger partial charge on any atom is 0.120 e. The fourth-order valence-electron chi connectivity index (χ4n) is 1.45. The van der Waals surface area contributed by atoms with Gasteiger partial charge in [0.25, 0.3) is 0 Å². The molecule has 2 heteroatoms. The fraction of sp³-hybridized carbons (Fsp3) is 0.500. The highest BCUT2D eigenvalue weighted by atomic mass is 16.3. The van der Waals surface area contributed by atoms with Gasteiger partial charge in [0.1, 0.15) is 5.75 Å². The van der Waals surface area contributed by atoms with Crippen molar-refractivity contribution in [3.05, 3.63) is 29.3 Å². The van der Waals surface area contributed by atoms with Gasteiger partial charge in [-0.2, -0.15) is 0 Å². The molecule has 0 aromatic heterocycles. The van der Waals surface area contributed by atoms with Crippen molar-refractivity contribution >= 4 is 0 Å². The van der Waals surface area contributed by atoms with Gasteiger partial charge in [0.15, 0.2) is 0 Å². The first kappa shape index (κ1) is 11.1. The van der Waals surface area contributed by atoms with Crippen LogP contribution in [0.2, 0.25) is 0 Å². The Bertz CT molecular complexity index is 307. The van der Waals surface area contributed by atoms with Crippen molar-refractivity contribution in [2.45, 2.75) is 39.2 Å². The molecule has 0 fully saturated rings. The molecule has 1 aromatic carbocycles. The van der Waals surface area contributed by atoms with Crippen LogP contribution in [0.15, 0.2) is 18.2 Å². The van der Waals surface area contributed by atoms with E-state index in [1.54, 1.807) is 6.07 Å². The first-order chi connectivity index (χ1) is 6.56. The van der Waals surface area contributed by atoms with E-state index in [0.29, 0.717) is 11.7 Å². The Morgan fingerprint density at radius 2 is 2.00 bits per heavy atom. The minimum atomic E-state index is -0.0614. The average Bonchev–Trinajstić information content (AvgIpc) is 2.17. The number of hydrogen-bond donors (Lipinski definition) is 2. The molecule has 0 heterocycles. The van der Waals surface area contributed by atoms with E-state index in [2.05, 4.69) is 13.8 Å². The first-order valence-electron chi connectivity index (χ1n) is 5.14. The average molecular weight is 193 g/mol. The highest BCUT2D eigenvalue weighted by Crippen LogP contribution is 2.28. The summed E-state index contributed by atoms with van der Waals surface area (Å²) in [6.45, 7) is 6.29.